The summed E-state index contributed by atoms with van der Waals surface area (Å²) in [6.45, 7) is 0. The molecule has 1 aromatic rings. The van der Waals surface area contributed by atoms with E-state index in [9.17, 15) is 5.11 Å². The first-order valence-corrected chi connectivity index (χ1v) is 5.43. The summed E-state index contributed by atoms with van der Waals surface area (Å²) < 4.78 is 5.87. The van der Waals surface area contributed by atoms with Crippen LogP contribution in [0.15, 0.2) is 42.5 Å². The van der Waals surface area contributed by atoms with Crippen molar-refractivity contribution >= 4 is 0 Å². The molecule has 0 aromatic heterocycles. The van der Waals surface area contributed by atoms with Gasteiger partial charge in [0.1, 0.15) is 11.9 Å². The fraction of sp³-hybridized carbons (Fsp3) is 0.385. The lowest BCUT2D eigenvalue weighted by atomic mass is 10.0. The highest BCUT2D eigenvalue weighted by Crippen LogP contribution is 2.41. The molecule has 2 aliphatic carbocycles. The topological polar surface area (TPSA) is 29.5 Å². The van der Waals surface area contributed by atoms with E-state index >= 15 is 0 Å². The first-order chi connectivity index (χ1) is 7.34. The molecule has 4 unspecified atom stereocenters. The smallest absolute Gasteiger partial charge is 0.119 e. The summed E-state index contributed by atoms with van der Waals surface area (Å²) in [6.07, 6.45) is 5.07. The maximum atomic E-state index is 9.83. The predicted molar refractivity (Wildman–Crippen MR) is 57.6 cm³/mol. The number of ether oxygens (including phenoxy) is 1. The quantitative estimate of drug-likeness (QED) is 0.743. The van der Waals surface area contributed by atoms with Crippen molar-refractivity contribution in [1.82, 2.24) is 0 Å². The first-order valence-electron chi connectivity index (χ1n) is 5.43. The monoisotopic (exact) mass is 202 g/mol. The molecule has 78 valence electrons. The van der Waals surface area contributed by atoms with Crippen LogP contribution in [0.25, 0.3) is 0 Å². The van der Waals surface area contributed by atoms with Gasteiger partial charge in [-0.15, -0.1) is 0 Å². The molecule has 4 atom stereocenters. The number of fused-ring (bicyclic) bond motifs is 2. The zero-order valence-electron chi connectivity index (χ0n) is 8.41. The molecule has 2 nitrogen and oxygen atoms in total. The van der Waals surface area contributed by atoms with Crippen molar-refractivity contribution in [3.05, 3.63) is 42.5 Å². The van der Waals surface area contributed by atoms with E-state index in [-0.39, 0.29) is 18.1 Å². The van der Waals surface area contributed by atoms with E-state index < -0.39 is 0 Å². The lowest BCUT2D eigenvalue weighted by Crippen LogP contribution is -2.24. The lowest BCUT2D eigenvalue weighted by molar-refractivity contribution is 0.104. The summed E-state index contributed by atoms with van der Waals surface area (Å²) in [6, 6.07) is 9.83. The molecule has 15 heavy (non-hydrogen) atoms. The molecule has 2 bridgehead atoms. The third-order valence-corrected chi connectivity index (χ3v) is 3.38. The van der Waals surface area contributed by atoms with Gasteiger partial charge in [0.15, 0.2) is 0 Å². The second-order valence-corrected chi connectivity index (χ2v) is 4.32. The van der Waals surface area contributed by atoms with Crippen LogP contribution < -0.4 is 4.74 Å². The molecule has 3 rings (SSSR count). The Labute approximate surface area is 89.2 Å². The molecule has 0 saturated heterocycles. The minimum Gasteiger partial charge on any atom is -0.490 e. The normalized spacial score (nSPS) is 37.1. The minimum atomic E-state index is -0.223. The Kier molecular flexibility index (Phi) is 2.03. The second kappa shape index (κ2) is 3.38. The maximum Gasteiger partial charge on any atom is 0.119 e. The third kappa shape index (κ3) is 1.45. The summed E-state index contributed by atoms with van der Waals surface area (Å²) in [5.74, 6) is 1.40. The highest BCUT2D eigenvalue weighted by atomic mass is 16.5. The van der Waals surface area contributed by atoms with Crippen molar-refractivity contribution in [3.63, 3.8) is 0 Å². The van der Waals surface area contributed by atoms with Gasteiger partial charge in [0.05, 0.1) is 6.10 Å². The SMILES string of the molecule is OC1C2C=CC1C(Oc1ccccc1)C2. The van der Waals surface area contributed by atoms with Crippen molar-refractivity contribution in [2.24, 2.45) is 11.8 Å². The van der Waals surface area contributed by atoms with Gasteiger partial charge in [-0.25, -0.2) is 0 Å². The highest BCUT2D eigenvalue weighted by molar-refractivity contribution is 5.24. The van der Waals surface area contributed by atoms with Crippen LogP contribution in [0, 0.1) is 11.8 Å². The van der Waals surface area contributed by atoms with Crippen LogP contribution in [0.4, 0.5) is 0 Å². The Balaban J connectivity index is 1.74. The second-order valence-electron chi connectivity index (χ2n) is 4.32. The molecule has 1 aromatic carbocycles. The summed E-state index contributed by atoms with van der Waals surface area (Å²) in [5.41, 5.74) is 0. The molecule has 1 N–H and O–H groups in total. The molecule has 0 heterocycles. The number of benzene rings is 1. The Bertz CT molecular complexity index is 371. The van der Waals surface area contributed by atoms with Gasteiger partial charge in [0, 0.05) is 11.8 Å². The van der Waals surface area contributed by atoms with Gasteiger partial charge >= 0.3 is 0 Å². The summed E-state index contributed by atoms with van der Waals surface area (Å²) in [5, 5.41) is 9.83. The molecule has 0 amide bonds. The molecule has 0 radical (unpaired) electrons. The molecule has 0 aliphatic heterocycles. The maximum absolute atomic E-state index is 9.83. The molecule has 2 aliphatic rings. The van der Waals surface area contributed by atoms with Crippen LogP contribution in [0.3, 0.4) is 0 Å². The first kappa shape index (κ1) is 8.98. The molecule has 0 spiro atoms. The highest BCUT2D eigenvalue weighted by Gasteiger charge is 2.45. The van der Waals surface area contributed by atoms with Gasteiger partial charge < -0.3 is 9.84 Å². The fourth-order valence-corrected chi connectivity index (χ4v) is 2.57. The van der Waals surface area contributed by atoms with Crippen LogP contribution in [0.5, 0.6) is 5.75 Å². The van der Waals surface area contributed by atoms with Gasteiger partial charge in [0.25, 0.3) is 0 Å². The van der Waals surface area contributed by atoms with Crippen molar-refractivity contribution in [2.45, 2.75) is 18.6 Å². The van der Waals surface area contributed by atoms with E-state index in [1.807, 2.05) is 30.3 Å². The van der Waals surface area contributed by atoms with Crippen LogP contribution in [0.2, 0.25) is 0 Å². The molecular formula is C13H14O2. The number of aliphatic hydroxyl groups excluding tert-OH is 1. The van der Waals surface area contributed by atoms with E-state index in [0.717, 1.165) is 12.2 Å². The number of para-hydroxylation sites is 1. The van der Waals surface area contributed by atoms with Gasteiger partial charge in [-0.2, -0.15) is 0 Å². The Morgan fingerprint density at radius 3 is 2.53 bits per heavy atom. The van der Waals surface area contributed by atoms with E-state index in [0.29, 0.717) is 5.92 Å². The lowest BCUT2D eigenvalue weighted by Gasteiger charge is -2.20. The van der Waals surface area contributed by atoms with Crippen molar-refractivity contribution in [2.75, 3.05) is 0 Å². The van der Waals surface area contributed by atoms with Gasteiger partial charge in [-0.3, -0.25) is 0 Å². The Morgan fingerprint density at radius 1 is 1.13 bits per heavy atom. The van der Waals surface area contributed by atoms with Crippen molar-refractivity contribution < 1.29 is 9.84 Å². The van der Waals surface area contributed by atoms with Gasteiger partial charge in [0.2, 0.25) is 0 Å². The Hall–Kier alpha value is -1.28. The van der Waals surface area contributed by atoms with Crippen LogP contribution >= 0.6 is 0 Å². The average molecular weight is 202 g/mol. The predicted octanol–water partition coefficient (Wildman–Crippen LogP) is 2.00. The van der Waals surface area contributed by atoms with Crippen LogP contribution in [-0.2, 0) is 0 Å². The van der Waals surface area contributed by atoms with Crippen LogP contribution in [0.1, 0.15) is 6.42 Å². The average Bonchev–Trinajstić information content (AvgIpc) is 2.75. The largest absolute Gasteiger partial charge is 0.490 e. The minimum absolute atomic E-state index is 0.150. The van der Waals surface area contributed by atoms with E-state index in [4.69, 9.17) is 4.74 Å². The van der Waals surface area contributed by atoms with Crippen molar-refractivity contribution in [1.29, 1.82) is 0 Å². The summed E-state index contributed by atoms with van der Waals surface area (Å²) in [4.78, 5) is 0. The molecule has 2 heteroatoms. The van der Waals surface area contributed by atoms with E-state index in [1.54, 1.807) is 0 Å². The van der Waals surface area contributed by atoms with E-state index in [1.165, 1.54) is 0 Å². The van der Waals surface area contributed by atoms with E-state index in [2.05, 4.69) is 12.2 Å². The number of aliphatic hydroxyl groups is 1. The zero-order valence-corrected chi connectivity index (χ0v) is 8.41. The summed E-state index contributed by atoms with van der Waals surface area (Å²) in [7, 11) is 0. The Morgan fingerprint density at radius 2 is 1.93 bits per heavy atom. The summed E-state index contributed by atoms with van der Waals surface area (Å²) >= 11 is 0. The zero-order chi connectivity index (χ0) is 10.3. The number of hydrogen-bond acceptors (Lipinski definition) is 2. The number of hydrogen-bond donors (Lipinski definition) is 1. The standard InChI is InChI=1S/C13H14O2/c14-13-9-6-7-11(13)12(8-9)15-10-4-2-1-3-5-10/h1-7,9,11-14H,8H2. The molecular weight excluding hydrogens is 188 g/mol. The van der Waals surface area contributed by atoms with Gasteiger partial charge in [-0.05, 0) is 18.6 Å². The molecule has 1 fully saturated rings. The van der Waals surface area contributed by atoms with Crippen molar-refractivity contribution in [3.8, 4) is 5.75 Å². The fourth-order valence-electron chi connectivity index (χ4n) is 2.57. The number of rotatable bonds is 2. The molecule has 1 saturated carbocycles. The van der Waals surface area contributed by atoms with Gasteiger partial charge in [-0.1, -0.05) is 30.4 Å². The van der Waals surface area contributed by atoms with Crippen LogP contribution in [-0.4, -0.2) is 17.3 Å². The third-order valence-electron chi connectivity index (χ3n) is 3.38.